The van der Waals surface area contributed by atoms with E-state index >= 15 is 0 Å². The van der Waals surface area contributed by atoms with E-state index in [1.54, 1.807) is 0 Å². The maximum Gasteiger partial charge on any atom is 0.0386 e. The first-order valence-corrected chi connectivity index (χ1v) is 3.22. The van der Waals surface area contributed by atoms with Gasteiger partial charge in [0.2, 0.25) is 0 Å². The summed E-state index contributed by atoms with van der Waals surface area (Å²) >= 11 is 0. The van der Waals surface area contributed by atoms with Crippen molar-refractivity contribution in [3.63, 3.8) is 0 Å². The minimum absolute atomic E-state index is 1.10. The van der Waals surface area contributed by atoms with Gasteiger partial charge in [-0.2, -0.15) is 0 Å². The van der Waals surface area contributed by atoms with Crippen molar-refractivity contribution >= 4 is 0 Å². The summed E-state index contributed by atoms with van der Waals surface area (Å²) < 4.78 is 0. The Morgan fingerprint density at radius 3 is 2.14 bits per heavy atom. The van der Waals surface area contributed by atoms with Crippen LogP contribution in [-0.2, 0) is 0 Å². The van der Waals surface area contributed by atoms with Crippen molar-refractivity contribution < 1.29 is 0 Å². The normalized spacial score (nSPS) is 64.3. The van der Waals surface area contributed by atoms with Crippen molar-refractivity contribution in [1.82, 2.24) is 4.90 Å². The highest BCUT2D eigenvalue weighted by Crippen LogP contribution is 2.55. The molecule has 2 saturated heterocycles. The predicted octanol–water partition coefficient (Wildman–Crippen LogP) is 0.463. The maximum absolute atomic E-state index is 2.59. The van der Waals surface area contributed by atoms with Crippen LogP contribution in [-0.4, -0.2) is 23.5 Å². The summed E-state index contributed by atoms with van der Waals surface area (Å²) in [5.41, 5.74) is 0. The highest BCUT2D eigenvalue weighted by molar-refractivity contribution is 5.22. The summed E-state index contributed by atoms with van der Waals surface area (Å²) in [6.45, 7) is 1.45. The van der Waals surface area contributed by atoms with Crippen LogP contribution in [0.5, 0.6) is 0 Å². The summed E-state index contributed by atoms with van der Waals surface area (Å²) in [6, 6.07) is 2.22. The summed E-state index contributed by atoms with van der Waals surface area (Å²) in [5, 5.41) is 0. The van der Waals surface area contributed by atoms with Gasteiger partial charge in [-0.3, -0.25) is 4.90 Å². The Balaban J connectivity index is 1.79. The van der Waals surface area contributed by atoms with E-state index in [0.29, 0.717) is 0 Å². The van der Waals surface area contributed by atoms with Crippen LogP contribution in [0, 0.1) is 5.92 Å². The van der Waals surface area contributed by atoms with Crippen molar-refractivity contribution in [3.05, 3.63) is 0 Å². The van der Waals surface area contributed by atoms with E-state index in [2.05, 4.69) is 4.90 Å². The lowest BCUT2D eigenvalue weighted by atomic mass is 10.2. The van der Waals surface area contributed by atoms with Crippen LogP contribution >= 0.6 is 0 Å². The Morgan fingerprint density at radius 2 is 2.00 bits per heavy atom. The van der Waals surface area contributed by atoms with Gasteiger partial charge >= 0.3 is 0 Å². The van der Waals surface area contributed by atoms with Gasteiger partial charge in [0, 0.05) is 18.6 Å². The van der Waals surface area contributed by atoms with Gasteiger partial charge in [0.05, 0.1) is 0 Å². The molecule has 3 unspecified atom stereocenters. The zero-order valence-corrected chi connectivity index (χ0v) is 4.30. The molecule has 1 heteroatoms. The molecule has 3 fully saturated rings. The fraction of sp³-hybridized carbons (Fsp3) is 1.00. The molecule has 2 heterocycles. The van der Waals surface area contributed by atoms with E-state index in [0.717, 1.165) is 12.1 Å². The molecule has 38 valence electrons. The van der Waals surface area contributed by atoms with Gasteiger partial charge in [0.15, 0.2) is 0 Å². The average molecular weight is 95.1 g/mol. The van der Waals surface area contributed by atoms with Crippen molar-refractivity contribution in [1.29, 1.82) is 0 Å². The topological polar surface area (TPSA) is 3.01 Å². The molecule has 1 aliphatic carbocycles. The molecule has 0 aromatic rings. The summed E-state index contributed by atoms with van der Waals surface area (Å²) in [4.78, 5) is 2.59. The molecule has 0 spiro atoms. The van der Waals surface area contributed by atoms with Gasteiger partial charge in [-0.25, -0.2) is 0 Å². The SMILES string of the molecule is C1CC1C1C2CN21. The third kappa shape index (κ3) is 0.260. The molecule has 2 aliphatic heterocycles. The van der Waals surface area contributed by atoms with E-state index in [1.807, 2.05) is 0 Å². The lowest BCUT2D eigenvalue weighted by Crippen LogP contribution is -2.06. The van der Waals surface area contributed by atoms with Crippen LogP contribution in [0.4, 0.5) is 0 Å². The first-order valence-electron chi connectivity index (χ1n) is 3.22. The molecular formula is C6H9N. The second-order valence-electron chi connectivity index (χ2n) is 3.09. The first kappa shape index (κ1) is 3.08. The summed E-state index contributed by atoms with van der Waals surface area (Å²) in [5.74, 6) is 1.17. The van der Waals surface area contributed by atoms with E-state index in [-0.39, 0.29) is 0 Å². The number of hydrogen-bond donors (Lipinski definition) is 0. The van der Waals surface area contributed by atoms with E-state index in [4.69, 9.17) is 0 Å². The molecule has 1 saturated carbocycles. The minimum Gasteiger partial charge on any atom is -0.291 e. The fourth-order valence-corrected chi connectivity index (χ4v) is 1.64. The monoisotopic (exact) mass is 95.1 g/mol. The zero-order chi connectivity index (χ0) is 4.43. The molecule has 0 amide bonds. The molecule has 0 radical (unpaired) electrons. The number of rotatable bonds is 1. The number of nitrogens with zero attached hydrogens (tertiary/aromatic N) is 1. The third-order valence-corrected chi connectivity index (χ3v) is 2.48. The predicted molar refractivity (Wildman–Crippen MR) is 27.0 cm³/mol. The Bertz CT molecular complexity index is 109. The van der Waals surface area contributed by atoms with Crippen LogP contribution in [0.1, 0.15) is 12.8 Å². The van der Waals surface area contributed by atoms with Gasteiger partial charge in [0.1, 0.15) is 0 Å². The average Bonchev–Trinajstić information content (AvgIpc) is 2.28. The van der Waals surface area contributed by atoms with Gasteiger partial charge in [-0.15, -0.1) is 0 Å². The smallest absolute Gasteiger partial charge is 0.0386 e. The van der Waals surface area contributed by atoms with Crippen LogP contribution in [0.3, 0.4) is 0 Å². The van der Waals surface area contributed by atoms with E-state index in [9.17, 15) is 0 Å². The standard InChI is InChI=1S/C6H9N/c1-2-4(1)6-5-3-7(5)6/h4-6H,1-3H2. The van der Waals surface area contributed by atoms with Crippen LogP contribution in [0.15, 0.2) is 0 Å². The molecule has 0 aromatic heterocycles. The Morgan fingerprint density at radius 1 is 1.29 bits per heavy atom. The Labute approximate surface area is 43.3 Å². The highest BCUT2D eigenvalue weighted by atomic mass is 15.5. The minimum atomic E-state index is 1.10. The van der Waals surface area contributed by atoms with Crippen molar-refractivity contribution in [3.8, 4) is 0 Å². The van der Waals surface area contributed by atoms with Crippen LogP contribution < -0.4 is 0 Å². The lowest BCUT2D eigenvalue weighted by molar-refractivity contribution is 0.571. The fourth-order valence-electron chi connectivity index (χ4n) is 1.64. The molecule has 0 N–H and O–H groups in total. The lowest BCUT2D eigenvalue weighted by Gasteiger charge is -1.93. The molecule has 0 aromatic carbocycles. The number of fused-ring (bicyclic) bond motifs is 1. The summed E-state index contributed by atoms with van der Waals surface area (Å²) in [7, 11) is 0. The van der Waals surface area contributed by atoms with Crippen molar-refractivity contribution in [2.75, 3.05) is 6.54 Å². The first-order chi connectivity index (χ1) is 3.47. The molecule has 3 atom stereocenters. The third-order valence-electron chi connectivity index (χ3n) is 2.48. The van der Waals surface area contributed by atoms with Crippen LogP contribution in [0.2, 0.25) is 0 Å². The molecule has 1 nitrogen and oxygen atoms in total. The van der Waals surface area contributed by atoms with Gasteiger partial charge in [0.25, 0.3) is 0 Å². The van der Waals surface area contributed by atoms with E-state index in [1.165, 1.54) is 25.3 Å². The summed E-state index contributed by atoms with van der Waals surface area (Å²) in [6.07, 6.45) is 3.08. The molecular weight excluding hydrogens is 86.1 g/mol. The van der Waals surface area contributed by atoms with Crippen molar-refractivity contribution in [2.24, 2.45) is 5.92 Å². The second-order valence-corrected chi connectivity index (χ2v) is 3.09. The van der Waals surface area contributed by atoms with Crippen LogP contribution in [0.25, 0.3) is 0 Å². The van der Waals surface area contributed by atoms with Crippen molar-refractivity contribution in [2.45, 2.75) is 24.9 Å². The highest BCUT2D eigenvalue weighted by Gasteiger charge is 2.66. The maximum atomic E-state index is 2.59. The molecule has 3 aliphatic rings. The molecule has 7 heavy (non-hydrogen) atoms. The Hall–Kier alpha value is -0.0400. The van der Waals surface area contributed by atoms with Gasteiger partial charge in [-0.1, -0.05) is 0 Å². The number of hydrogen-bond acceptors (Lipinski definition) is 1. The quantitative estimate of drug-likeness (QED) is 0.428. The largest absolute Gasteiger partial charge is 0.291 e. The zero-order valence-electron chi connectivity index (χ0n) is 4.30. The molecule has 0 bridgehead atoms. The van der Waals surface area contributed by atoms with Gasteiger partial charge < -0.3 is 0 Å². The van der Waals surface area contributed by atoms with E-state index < -0.39 is 0 Å². The second kappa shape index (κ2) is 0.655. The molecule has 3 rings (SSSR count). The van der Waals surface area contributed by atoms with Gasteiger partial charge in [-0.05, 0) is 18.8 Å². The Kier molecular flexibility index (Phi) is 0.288.